The first-order valence-corrected chi connectivity index (χ1v) is 5.81. The molecule has 0 saturated heterocycles. The summed E-state index contributed by atoms with van der Waals surface area (Å²) < 4.78 is 1.73. The third kappa shape index (κ3) is 1.93. The Balaban J connectivity index is 2.10. The highest BCUT2D eigenvalue weighted by Gasteiger charge is 2.08. The largest absolute Gasteiger partial charge is 0.478 e. The number of fused-ring (bicyclic) bond motifs is 1. The zero-order valence-corrected chi connectivity index (χ0v) is 10.2. The van der Waals surface area contributed by atoms with Crippen LogP contribution in [0, 0.1) is 0 Å². The number of carboxylic acid groups (broad SMARTS) is 1. The first kappa shape index (κ1) is 12.0. The maximum Gasteiger partial charge on any atom is 0.337 e. The van der Waals surface area contributed by atoms with Gasteiger partial charge in [-0.1, -0.05) is 0 Å². The number of aromatic carboxylic acids is 1. The lowest BCUT2D eigenvalue weighted by atomic mass is 10.2. The first-order valence-electron chi connectivity index (χ1n) is 5.81. The summed E-state index contributed by atoms with van der Waals surface area (Å²) in [4.78, 5) is 29.8. The molecule has 0 amide bonds. The molecule has 0 bridgehead atoms. The molecule has 6 nitrogen and oxygen atoms in total. The maximum absolute atomic E-state index is 10.8. The molecule has 0 unspecified atom stereocenters. The monoisotopic (exact) mass is 267 g/mol. The fourth-order valence-electron chi connectivity index (χ4n) is 1.95. The van der Waals surface area contributed by atoms with E-state index in [4.69, 9.17) is 5.11 Å². The Kier molecular flexibility index (Phi) is 2.76. The molecule has 6 heteroatoms. The number of hydrogen-bond donors (Lipinski definition) is 1. The summed E-state index contributed by atoms with van der Waals surface area (Å²) in [6.07, 6.45) is 5.29. The fourth-order valence-corrected chi connectivity index (χ4v) is 1.95. The van der Waals surface area contributed by atoms with Crippen molar-refractivity contribution in [3.63, 3.8) is 0 Å². The molecule has 0 atom stereocenters. The van der Waals surface area contributed by atoms with Gasteiger partial charge in [-0.3, -0.25) is 9.36 Å². The Labute approximate surface area is 113 Å². The van der Waals surface area contributed by atoms with Crippen molar-refractivity contribution >= 4 is 23.3 Å². The summed E-state index contributed by atoms with van der Waals surface area (Å²) in [6, 6.07) is 6.65. The predicted octanol–water partition coefficient (Wildman–Crippen LogP) is 1.93. The van der Waals surface area contributed by atoms with E-state index < -0.39 is 5.97 Å². The van der Waals surface area contributed by atoms with E-state index in [1.165, 1.54) is 18.5 Å². The van der Waals surface area contributed by atoms with E-state index in [0.717, 1.165) is 11.7 Å². The molecular weight excluding hydrogens is 258 g/mol. The van der Waals surface area contributed by atoms with Crippen LogP contribution >= 0.6 is 0 Å². The average Bonchev–Trinajstić information content (AvgIpc) is 2.90. The molecular formula is C14H9N3O3. The van der Waals surface area contributed by atoms with Crippen LogP contribution in [-0.4, -0.2) is 31.9 Å². The topological polar surface area (TPSA) is 85.1 Å². The number of pyridine rings is 2. The van der Waals surface area contributed by atoms with E-state index in [-0.39, 0.29) is 5.56 Å². The lowest BCUT2D eigenvalue weighted by molar-refractivity contribution is 0.0696. The van der Waals surface area contributed by atoms with Gasteiger partial charge in [0.25, 0.3) is 0 Å². The minimum absolute atomic E-state index is 0.126. The highest BCUT2D eigenvalue weighted by Crippen LogP contribution is 2.18. The zero-order valence-electron chi connectivity index (χ0n) is 10.2. The summed E-state index contributed by atoms with van der Waals surface area (Å²) in [7, 11) is 0. The number of hydrogen-bond acceptors (Lipinski definition) is 4. The smallest absolute Gasteiger partial charge is 0.337 e. The molecule has 3 aromatic rings. The van der Waals surface area contributed by atoms with E-state index in [2.05, 4.69) is 9.97 Å². The van der Waals surface area contributed by atoms with Gasteiger partial charge in [0.15, 0.2) is 6.29 Å². The third-order valence-electron chi connectivity index (χ3n) is 2.93. The standard InChI is InChI=1S/C14H9N3O3/c18-8-9-5-10-3-4-17(13(10)16-6-9)12-2-1-11(7-15-12)14(19)20/h1-8H,(H,19,20). The number of aldehydes is 1. The van der Waals surface area contributed by atoms with Gasteiger partial charge in [0.1, 0.15) is 11.5 Å². The van der Waals surface area contributed by atoms with E-state index in [1.54, 1.807) is 22.9 Å². The van der Waals surface area contributed by atoms with Gasteiger partial charge in [-0.05, 0) is 24.3 Å². The lowest BCUT2D eigenvalue weighted by Gasteiger charge is -2.04. The van der Waals surface area contributed by atoms with Crippen LogP contribution in [0.4, 0.5) is 0 Å². The van der Waals surface area contributed by atoms with E-state index >= 15 is 0 Å². The van der Waals surface area contributed by atoms with E-state index in [0.29, 0.717) is 17.0 Å². The van der Waals surface area contributed by atoms with Crippen molar-refractivity contribution in [2.75, 3.05) is 0 Å². The van der Waals surface area contributed by atoms with Crippen LogP contribution in [0.1, 0.15) is 20.7 Å². The van der Waals surface area contributed by atoms with Gasteiger partial charge in [0, 0.05) is 29.5 Å². The van der Waals surface area contributed by atoms with E-state index in [9.17, 15) is 9.59 Å². The minimum atomic E-state index is -1.02. The number of carboxylic acids is 1. The molecule has 0 aliphatic rings. The van der Waals surface area contributed by atoms with Gasteiger partial charge in [-0.15, -0.1) is 0 Å². The third-order valence-corrected chi connectivity index (χ3v) is 2.93. The predicted molar refractivity (Wildman–Crippen MR) is 71.2 cm³/mol. The number of nitrogens with zero attached hydrogens (tertiary/aromatic N) is 3. The van der Waals surface area contributed by atoms with Crippen LogP contribution in [0.3, 0.4) is 0 Å². The Morgan fingerprint density at radius 3 is 2.70 bits per heavy atom. The molecule has 98 valence electrons. The lowest BCUT2D eigenvalue weighted by Crippen LogP contribution is -2.01. The van der Waals surface area contributed by atoms with E-state index in [1.807, 2.05) is 6.07 Å². The number of carbonyl (C=O) groups is 2. The highest BCUT2D eigenvalue weighted by atomic mass is 16.4. The summed E-state index contributed by atoms with van der Waals surface area (Å²) in [6.45, 7) is 0. The Morgan fingerprint density at radius 2 is 2.05 bits per heavy atom. The molecule has 0 fully saturated rings. The minimum Gasteiger partial charge on any atom is -0.478 e. The van der Waals surface area contributed by atoms with Crippen molar-refractivity contribution < 1.29 is 14.7 Å². The summed E-state index contributed by atoms with van der Waals surface area (Å²) in [5.74, 6) is -0.452. The molecule has 0 spiro atoms. The van der Waals surface area contributed by atoms with Gasteiger partial charge in [-0.25, -0.2) is 14.8 Å². The summed E-state index contributed by atoms with van der Waals surface area (Å²) in [5.41, 5.74) is 1.29. The number of rotatable bonds is 3. The molecule has 3 rings (SSSR count). The zero-order chi connectivity index (χ0) is 14.1. The van der Waals surface area contributed by atoms with Gasteiger partial charge < -0.3 is 5.11 Å². The van der Waals surface area contributed by atoms with Crippen molar-refractivity contribution in [2.45, 2.75) is 0 Å². The van der Waals surface area contributed by atoms with Crippen LogP contribution in [0.2, 0.25) is 0 Å². The Morgan fingerprint density at radius 1 is 1.20 bits per heavy atom. The SMILES string of the molecule is O=Cc1cnc2c(ccn2-c2ccc(C(=O)O)cn2)c1. The van der Waals surface area contributed by atoms with Gasteiger partial charge in [0.05, 0.1) is 5.56 Å². The summed E-state index contributed by atoms with van der Waals surface area (Å²) in [5, 5.41) is 9.66. The van der Waals surface area contributed by atoms with Crippen molar-refractivity contribution in [3.8, 4) is 5.82 Å². The summed E-state index contributed by atoms with van der Waals surface area (Å²) >= 11 is 0. The van der Waals surface area contributed by atoms with Crippen molar-refractivity contribution in [1.82, 2.24) is 14.5 Å². The molecule has 0 aliphatic carbocycles. The van der Waals surface area contributed by atoms with Gasteiger partial charge in [0.2, 0.25) is 0 Å². The van der Waals surface area contributed by atoms with Crippen LogP contribution in [0.5, 0.6) is 0 Å². The first-order chi connectivity index (χ1) is 9.69. The molecule has 0 aromatic carbocycles. The molecule has 0 aliphatic heterocycles. The second-order valence-electron chi connectivity index (χ2n) is 4.20. The van der Waals surface area contributed by atoms with Crippen LogP contribution in [-0.2, 0) is 0 Å². The quantitative estimate of drug-likeness (QED) is 0.733. The fraction of sp³-hybridized carbons (Fsp3) is 0. The number of carbonyl (C=O) groups excluding carboxylic acids is 1. The second kappa shape index (κ2) is 4.58. The molecule has 3 aromatic heterocycles. The highest BCUT2D eigenvalue weighted by molar-refractivity contribution is 5.87. The van der Waals surface area contributed by atoms with Gasteiger partial charge >= 0.3 is 5.97 Å². The van der Waals surface area contributed by atoms with Crippen LogP contribution in [0.15, 0.2) is 42.9 Å². The van der Waals surface area contributed by atoms with Crippen molar-refractivity contribution in [2.24, 2.45) is 0 Å². The van der Waals surface area contributed by atoms with Crippen molar-refractivity contribution in [3.05, 3.63) is 54.0 Å². The normalized spacial score (nSPS) is 10.6. The molecule has 1 N–H and O–H groups in total. The number of aromatic nitrogens is 3. The Bertz CT molecular complexity index is 806. The van der Waals surface area contributed by atoms with Crippen LogP contribution in [0.25, 0.3) is 16.9 Å². The average molecular weight is 267 g/mol. The molecule has 20 heavy (non-hydrogen) atoms. The molecule has 3 heterocycles. The Hall–Kier alpha value is -3.02. The van der Waals surface area contributed by atoms with Gasteiger partial charge in [-0.2, -0.15) is 0 Å². The maximum atomic E-state index is 10.8. The van der Waals surface area contributed by atoms with Crippen LogP contribution < -0.4 is 0 Å². The molecule has 0 saturated carbocycles. The van der Waals surface area contributed by atoms with Crippen molar-refractivity contribution in [1.29, 1.82) is 0 Å². The second-order valence-corrected chi connectivity index (χ2v) is 4.20. The molecule has 0 radical (unpaired) electrons.